The summed E-state index contributed by atoms with van der Waals surface area (Å²) >= 11 is 5.90. The first-order valence-electron chi connectivity index (χ1n) is 8.55. The Morgan fingerprint density at radius 3 is 2.85 bits per heavy atom. The monoisotopic (exact) mass is 390 g/mol. The smallest absolute Gasteiger partial charge is 0.267 e. The number of benzene rings is 1. The van der Waals surface area contributed by atoms with E-state index in [1.54, 1.807) is 24.3 Å². The number of rotatable bonds is 8. The minimum atomic E-state index is -0.393. The van der Waals surface area contributed by atoms with Crippen LogP contribution in [0.5, 0.6) is 0 Å². The van der Waals surface area contributed by atoms with E-state index < -0.39 is 5.56 Å². The molecule has 1 N–H and O–H groups in total. The van der Waals surface area contributed by atoms with E-state index in [9.17, 15) is 9.59 Å². The summed E-state index contributed by atoms with van der Waals surface area (Å²) in [5, 5.41) is 7.50. The molecule has 0 aliphatic carbocycles. The largest absolute Gasteiger partial charge is 0.382 e. The second-order valence-electron chi connectivity index (χ2n) is 5.80. The van der Waals surface area contributed by atoms with Crippen molar-refractivity contribution in [3.8, 4) is 11.3 Å². The number of ether oxygens (including phenoxy) is 1. The van der Waals surface area contributed by atoms with Gasteiger partial charge in [-0.15, -0.1) is 0 Å². The van der Waals surface area contributed by atoms with E-state index in [2.05, 4.69) is 15.5 Å². The molecule has 0 saturated heterocycles. The van der Waals surface area contributed by atoms with Crippen LogP contribution in [0.25, 0.3) is 22.4 Å². The van der Waals surface area contributed by atoms with Gasteiger partial charge >= 0.3 is 0 Å². The zero-order valence-corrected chi connectivity index (χ0v) is 15.5. The number of aromatic nitrogens is 3. The quantitative estimate of drug-likeness (QED) is 0.592. The van der Waals surface area contributed by atoms with Crippen molar-refractivity contribution in [3.05, 3.63) is 46.0 Å². The Balaban J connectivity index is 1.78. The highest BCUT2D eigenvalue weighted by Crippen LogP contribution is 2.25. The van der Waals surface area contributed by atoms with Crippen LogP contribution in [0.15, 0.2) is 39.9 Å². The predicted molar refractivity (Wildman–Crippen MR) is 101 cm³/mol. The molecule has 1 aromatic carbocycles. The summed E-state index contributed by atoms with van der Waals surface area (Å²) in [6.07, 6.45) is 1.99. The lowest BCUT2D eigenvalue weighted by Crippen LogP contribution is -2.33. The summed E-state index contributed by atoms with van der Waals surface area (Å²) in [6.45, 7) is 3.48. The Kier molecular flexibility index (Phi) is 6.20. The van der Waals surface area contributed by atoms with Gasteiger partial charge in [0, 0.05) is 30.3 Å². The van der Waals surface area contributed by atoms with E-state index in [1.165, 1.54) is 10.9 Å². The highest BCUT2D eigenvalue weighted by Gasteiger charge is 2.17. The SMILES string of the molecule is CCOCCCNC(=O)Cn1cnc2onc(-c3ccc(Cl)cc3)c2c1=O. The summed E-state index contributed by atoms with van der Waals surface area (Å²) in [7, 11) is 0. The number of carbonyl (C=O) groups excluding carboxylic acids is 1. The molecule has 0 fully saturated rings. The van der Waals surface area contributed by atoms with Crippen LogP contribution in [0.4, 0.5) is 0 Å². The second-order valence-corrected chi connectivity index (χ2v) is 6.23. The van der Waals surface area contributed by atoms with Gasteiger partial charge < -0.3 is 14.6 Å². The van der Waals surface area contributed by atoms with Gasteiger partial charge in [-0.3, -0.25) is 14.2 Å². The number of hydrogen-bond acceptors (Lipinski definition) is 6. The molecule has 9 heteroatoms. The van der Waals surface area contributed by atoms with E-state index in [1.807, 2.05) is 6.92 Å². The zero-order chi connectivity index (χ0) is 19.2. The summed E-state index contributed by atoms with van der Waals surface area (Å²) in [6, 6.07) is 6.87. The average molecular weight is 391 g/mol. The van der Waals surface area contributed by atoms with Gasteiger partial charge in [0.1, 0.15) is 24.0 Å². The fraction of sp³-hybridized carbons (Fsp3) is 0.333. The van der Waals surface area contributed by atoms with E-state index >= 15 is 0 Å². The van der Waals surface area contributed by atoms with Crippen LogP contribution >= 0.6 is 11.6 Å². The first-order chi connectivity index (χ1) is 13.1. The third-order valence-electron chi connectivity index (χ3n) is 3.89. The van der Waals surface area contributed by atoms with Gasteiger partial charge in [0.05, 0.1) is 0 Å². The molecule has 0 unspecified atom stereocenters. The lowest BCUT2D eigenvalue weighted by molar-refractivity contribution is -0.121. The third-order valence-corrected chi connectivity index (χ3v) is 4.14. The summed E-state index contributed by atoms with van der Waals surface area (Å²) in [5.41, 5.74) is 0.773. The standard InChI is InChI=1S/C18H19ClN4O4/c1-2-26-9-3-8-20-14(24)10-23-11-21-17-15(18(23)25)16(22-27-17)12-4-6-13(19)7-5-12/h4-7,11H,2-3,8-10H2,1H3,(H,20,24). The van der Waals surface area contributed by atoms with Crippen LogP contribution in [0.1, 0.15) is 13.3 Å². The molecule has 3 aromatic rings. The number of fused-ring (bicyclic) bond motifs is 1. The normalized spacial score (nSPS) is 11.0. The second kappa shape index (κ2) is 8.79. The lowest BCUT2D eigenvalue weighted by atomic mass is 10.1. The zero-order valence-electron chi connectivity index (χ0n) is 14.8. The van der Waals surface area contributed by atoms with Crippen LogP contribution in [0, 0.1) is 0 Å². The van der Waals surface area contributed by atoms with Gasteiger partial charge in [-0.05, 0) is 25.5 Å². The molecule has 2 heterocycles. The van der Waals surface area contributed by atoms with Crippen molar-refractivity contribution in [1.82, 2.24) is 20.0 Å². The van der Waals surface area contributed by atoms with Crippen molar-refractivity contribution in [3.63, 3.8) is 0 Å². The van der Waals surface area contributed by atoms with Crippen molar-refractivity contribution in [1.29, 1.82) is 0 Å². The van der Waals surface area contributed by atoms with Crippen molar-refractivity contribution < 1.29 is 14.1 Å². The lowest BCUT2D eigenvalue weighted by Gasteiger charge is -2.07. The van der Waals surface area contributed by atoms with E-state index in [0.29, 0.717) is 42.5 Å². The molecule has 27 heavy (non-hydrogen) atoms. The molecule has 0 radical (unpaired) electrons. The van der Waals surface area contributed by atoms with Gasteiger partial charge in [0.25, 0.3) is 11.3 Å². The first kappa shape index (κ1) is 19.1. The number of nitrogens with zero attached hydrogens (tertiary/aromatic N) is 3. The van der Waals surface area contributed by atoms with E-state index in [0.717, 1.165) is 0 Å². The maximum Gasteiger partial charge on any atom is 0.267 e. The fourth-order valence-electron chi connectivity index (χ4n) is 2.55. The minimum absolute atomic E-state index is 0.123. The van der Waals surface area contributed by atoms with Gasteiger partial charge in [0.2, 0.25) is 5.91 Å². The Labute approximate surface area is 160 Å². The number of halogens is 1. The van der Waals surface area contributed by atoms with Crippen LogP contribution in [0.3, 0.4) is 0 Å². The Morgan fingerprint density at radius 2 is 2.11 bits per heavy atom. The molecule has 142 valence electrons. The molecule has 0 spiro atoms. The number of nitrogens with one attached hydrogen (secondary N) is 1. The molecule has 8 nitrogen and oxygen atoms in total. The summed E-state index contributed by atoms with van der Waals surface area (Å²) in [4.78, 5) is 29.0. The molecule has 2 aromatic heterocycles. The summed E-state index contributed by atoms with van der Waals surface area (Å²) < 4.78 is 11.6. The van der Waals surface area contributed by atoms with Crippen molar-refractivity contribution in [2.75, 3.05) is 19.8 Å². The van der Waals surface area contributed by atoms with Gasteiger partial charge in [0.15, 0.2) is 0 Å². The Morgan fingerprint density at radius 1 is 1.33 bits per heavy atom. The van der Waals surface area contributed by atoms with Gasteiger partial charge in [-0.25, -0.2) is 4.98 Å². The number of carbonyl (C=O) groups is 1. The molecule has 0 saturated carbocycles. The van der Waals surface area contributed by atoms with Crippen LogP contribution in [0.2, 0.25) is 5.02 Å². The molecular weight excluding hydrogens is 372 g/mol. The Hall–Kier alpha value is -2.71. The number of hydrogen-bond donors (Lipinski definition) is 1. The minimum Gasteiger partial charge on any atom is -0.382 e. The van der Waals surface area contributed by atoms with Crippen molar-refractivity contribution in [2.45, 2.75) is 19.9 Å². The van der Waals surface area contributed by atoms with E-state index in [4.69, 9.17) is 20.9 Å². The van der Waals surface area contributed by atoms with Crippen LogP contribution in [-0.2, 0) is 16.1 Å². The maximum absolute atomic E-state index is 12.8. The van der Waals surface area contributed by atoms with Gasteiger partial charge in [-0.2, -0.15) is 0 Å². The fourth-order valence-corrected chi connectivity index (χ4v) is 2.68. The van der Waals surface area contributed by atoms with Crippen LogP contribution < -0.4 is 10.9 Å². The average Bonchev–Trinajstić information content (AvgIpc) is 3.09. The molecule has 0 atom stereocenters. The predicted octanol–water partition coefficient (Wildman–Crippen LogP) is 2.25. The molecule has 0 aliphatic heterocycles. The molecule has 3 rings (SSSR count). The van der Waals surface area contributed by atoms with Crippen molar-refractivity contribution in [2.24, 2.45) is 0 Å². The number of amides is 1. The maximum atomic E-state index is 12.8. The Bertz CT molecular complexity index is 981. The highest BCUT2D eigenvalue weighted by molar-refractivity contribution is 6.30. The van der Waals surface area contributed by atoms with Crippen molar-refractivity contribution >= 4 is 28.6 Å². The van der Waals surface area contributed by atoms with Crippen LogP contribution in [-0.4, -0.2) is 40.4 Å². The molecule has 1 amide bonds. The molecule has 0 aliphatic rings. The molecule has 0 bridgehead atoms. The molecular formula is C18H19ClN4O4. The first-order valence-corrected chi connectivity index (χ1v) is 8.93. The van der Waals surface area contributed by atoms with Gasteiger partial charge in [-0.1, -0.05) is 28.9 Å². The summed E-state index contributed by atoms with van der Waals surface area (Å²) in [5.74, 6) is -0.278. The highest BCUT2D eigenvalue weighted by atomic mass is 35.5. The topological polar surface area (TPSA) is 99.2 Å². The van der Waals surface area contributed by atoms with E-state index in [-0.39, 0.29) is 23.6 Å². The third kappa shape index (κ3) is 4.53.